The molecule has 3 aromatic carbocycles. The highest BCUT2D eigenvalue weighted by Crippen LogP contribution is 2.29. The molecule has 4 rings (SSSR count). The number of carbonyl (C=O) groups excluding carboxylic acids is 2. The maximum absolute atomic E-state index is 12.3. The number of hydrogen-bond acceptors (Lipinski definition) is 5. The molecule has 0 saturated carbocycles. The lowest BCUT2D eigenvalue weighted by atomic mass is 10.2. The molecule has 172 valence electrons. The van der Waals surface area contributed by atoms with Crippen LogP contribution in [0.15, 0.2) is 76.6 Å². The van der Waals surface area contributed by atoms with Gasteiger partial charge in [-0.25, -0.2) is 4.99 Å². The van der Waals surface area contributed by atoms with E-state index in [-0.39, 0.29) is 18.4 Å². The highest BCUT2D eigenvalue weighted by Gasteiger charge is 2.23. The van der Waals surface area contributed by atoms with Crippen molar-refractivity contribution in [1.29, 1.82) is 0 Å². The van der Waals surface area contributed by atoms with Gasteiger partial charge in [-0.3, -0.25) is 9.59 Å². The molecule has 10 heteroatoms. The zero-order chi connectivity index (χ0) is 24.1. The van der Waals surface area contributed by atoms with Crippen LogP contribution in [0, 0.1) is 0 Å². The van der Waals surface area contributed by atoms with Crippen molar-refractivity contribution in [2.45, 2.75) is 0 Å². The molecule has 1 saturated heterocycles. The molecular weight excluding hydrogens is 517 g/mol. The monoisotopic (exact) mass is 531 g/mol. The molecule has 1 aliphatic rings. The SMILES string of the molecule is O=C(COc1ccc(/C=C2\SC(=Nc3ccc(Cl)cc3)NC2=O)cc1)Nc1cc(Cl)ccc1Cl. The first-order chi connectivity index (χ1) is 16.4. The number of ether oxygens (including phenoxy) is 1. The molecule has 2 N–H and O–H groups in total. The number of rotatable bonds is 6. The van der Waals surface area contributed by atoms with Gasteiger partial charge in [-0.1, -0.05) is 46.9 Å². The molecule has 0 atom stereocenters. The van der Waals surface area contributed by atoms with Gasteiger partial charge in [-0.05, 0) is 78.0 Å². The largest absolute Gasteiger partial charge is 0.484 e. The Kier molecular flexibility index (Phi) is 7.80. The van der Waals surface area contributed by atoms with Crippen LogP contribution in [0.25, 0.3) is 6.08 Å². The number of amides is 2. The first kappa shape index (κ1) is 24.2. The Morgan fingerprint density at radius 1 is 1.00 bits per heavy atom. The first-order valence-corrected chi connectivity index (χ1v) is 11.8. The predicted molar refractivity (Wildman–Crippen MR) is 139 cm³/mol. The zero-order valence-corrected chi connectivity index (χ0v) is 20.4. The van der Waals surface area contributed by atoms with Crippen LogP contribution in [-0.4, -0.2) is 23.6 Å². The molecule has 1 heterocycles. The Hall–Kier alpha value is -2.97. The molecule has 1 aliphatic heterocycles. The summed E-state index contributed by atoms with van der Waals surface area (Å²) in [6.07, 6.45) is 1.75. The van der Waals surface area contributed by atoms with Gasteiger partial charge in [0, 0.05) is 10.0 Å². The standard InChI is InChI=1S/C24H16Cl3N3O3S/c25-15-3-6-17(7-4-15)28-24-30-23(32)21(34-24)11-14-1-8-18(9-2-14)33-13-22(31)29-20-12-16(26)5-10-19(20)27/h1-12H,13H2,(H,29,31)(H,28,30,32)/b21-11-. The molecule has 34 heavy (non-hydrogen) atoms. The van der Waals surface area contributed by atoms with E-state index in [4.69, 9.17) is 39.5 Å². The molecular formula is C24H16Cl3N3O3S. The normalized spacial score (nSPS) is 15.4. The third-order valence-corrected chi connectivity index (χ3v) is 6.18. The number of halogens is 3. The van der Waals surface area contributed by atoms with Gasteiger partial charge in [0.25, 0.3) is 11.8 Å². The maximum atomic E-state index is 12.3. The van der Waals surface area contributed by atoms with Gasteiger partial charge in [-0.15, -0.1) is 0 Å². The van der Waals surface area contributed by atoms with Gasteiger partial charge < -0.3 is 15.4 Å². The highest BCUT2D eigenvalue weighted by atomic mass is 35.5. The number of aliphatic imine (C=N–C) groups is 1. The van der Waals surface area contributed by atoms with Crippen molar-refractivity contribution in [3.63, 3.8) is 0 Å². The van der Waals surface area contributed by atoms with Crippen molar-refractivity contribution in [3.05, 3.63) is 92.3 Å². The maximum Gasteiger partial charge on any atom is 0.264 e. The van der Waals surface area contributed by atoms with E-state index in [1.165, 1.54) is 11.8 Å². The summed E-state index contributed by atoms with van der Waals surface area (Å²) in [7, 11) is 0. The topological polar surface area (TPSA) is 79.8 Å². The van der Waals surface area contributed by atoms with Crippen molar-refractivity contribution in [1.82, 2.24) is 5.32 Å². The van der Waals surface area contributed by atoms with Crippen molar-refractivity contribution in [3.8, 4) is 5.75 Å². The lowest BCUT2D eigenvalue weighted by Gasteiger charge is -2.09. The summed E-state index contributed by atoms with van der Waals surface area (Å²) < 4.78 is 5.53. The van der Waals surface area contributed by atoms with E-state index in [0.717, 1.165) is 5.56 Å². The Bertz CT molecular complexity index is 1290. The lowest BCUT2D eigenvalue weighted by molar-refractivity contribution is -0.118. The van der Waals surface area contributed by atoms with Crippen molar-refractivity contribution < 1.29 is 14.3 Å². The summed E-state index contributed by atoms with van der Waals surface area (Å²) in [6, 6.07) is 18.8. The van der Waals surface area contributed by atoms with E-state index in [2.05, 4.69) is 15.6 Å². The summed E-state index contributed by atoms with van der Waals surface area (Å²) in [5, 5.41) is 7.35. The molecule has 0 aliphatic carbocycles. The number of hydrogen-bond donors (Lipinski definition) is 2. The van der Waals surface area contributed by atoms with Crippen LogP contribution in [0.5, 0.6) is 5.75 Å². The van der Waals surface area contributed by atoms with Crippen LogP contribution in [0.4, 0.5) is 11.4 Å². The summed E-state index contributed by atoms with van der Waals surface area (Å²) >= 11 is 19.1. The molecule has 3 aromatic rings. The molecule has 0 unspecified atom stereocenters. The van der Waals surface area contributed by atoms with E-state index < -0.39 is 0 Å². The number of nitrogens with zero attached hydrogens (tertiary/aromatic N) is 1. The Morgan fingerprint density at radius 3 is 2.44 bits per heavy atom. The van der Waals surface area contributed by atoms with Crippen molar-refractivity contribution >= 4 is 81.0 Å². The van der Waals surface area contributed by atoms with Crippen LogP contribution in [-0.2, 0) is 9.59 Å². The van der Waals surface area contributed by atoms with Crippen LogP contribution in [0.1, 0.15) is 5.56 Å². The van der Waals surface area contributed by atoms with Gasteiger partial charge in [-0.2, -0.15) is 0 Å². The number of nitrogens with one attached hydrogen (secondary N) is 2. The minimum absolute atomic E-state index is 0.202. The molecule has 6 nitrogen and oxygen atoms in total. The number of carbonyl (C=O) groups is 2. The van der Waals surface area contributed by atoms with E-state index in [0.29, 0.717) is 42.3 Å². The highest BCUT2D eigenvalue weighted by molar-refractivity contribution is 8.18. The average molecular weight is 533 g/mol. The van der Waals surface area contributed by atoms with Gasteiger partial charge in [0.15, 0.2) is 11.8 Å². The molecule has 0 spiro atoms. The number of amidine groups is 1. The van der Waals surface area contributed by atoms with E-state index >= 15 is 0 Å². The summed E-state index contributed by atoms with van der Waals surface area (Å²) in [5.41, 5.74) is 1.90. The number of thioether (sulfide) groups is 1. The second-order valence-corrected chi connectivity index (χ2v) is 9.30. The van der Waals surface area contributed by atoms with Crippen LogP contribution < -0.4 is 15.4 Å². The predicted octanol–water partition coefficient (Wildman–Crippen LogP) is 6.56. The second kappa shape index (κ2) is 11.0. The zero-order valence-electron chi connectivity index (χ0n) is 17.3. The molecule has 0 radical (unpaired) electrons. The fraction of sp³-hybridized carbons (Fsp3) is 0.0417. The van der Waals surface area contributed by atoms with E-state index in [1.54, 1.807) is 72.8 Å². The first-order valence-electron chi connectivity index (χ1n) is 9.89. The van der Waals surface area contributed by atoms with Gasteiger partial charge in [0.05, 0.1) is 21.3 Å². The minimum Gasteiger partial charge on any atom is -0.484 e. The molecule has 2 amide bonds. The Labute approximate surface area is 215 Å². The van der Waals surface area contributed by atoms with Gasteiger partial charge in [0.1, 0.15) is 5.75 Å². The summed E-state index contributed by atoms with van der Waals surface area (Å²) in [5.74, 6) is -0.0979. The molecule has 0 bridgehead atoms. The number of anilines is 1. The summed E-state index contributed by atoms with van der Waals surface area (Å²) in [6.45, 7) is -0.202. The second-order valence-electron chi connectivity index (χ2n) is 6.99. The lowest BCUT2D eigenvalue weighted by Crippen LogP contribution is -2.20. The van der Waals surface area contributed by atoms with Crippen LogP contribution in [0.2, 0.25) is 15.1 Å². The number of benzene rings is 3. The average Bonchev–Trinajstić information content (AvgIpc) is 3.15. The fourth-order valence-electron chi connectivity index (χ4n) is 2.85. The fourth-order valence-corrected chi connectivity index (χ4v) is 4.16. The third-order valence-electron chi connectivity index (χ3n) is 4.46. The third kappa shape index (κ3) is 6.55. The molecule has 1 fully saturated rings. The van der Waals surface area contributed by atoms with Crippen LogP contribution >= 0.6 is 46.6 Å². The van der Waals surface area contributed by atoms with Gasteiger partial charge in [0.2, 0.25) is 0 Å². The Balaban J connectivity index is 1.34. The van der Waals surface area contributed by atoms with E-state index in [9.17, 15) is 9.59 Å². The van der Waals surface area contributed by atoms with Gasteiger partial charge >= 0.3 is 0 Å². The molecule has 0 aromatic heterocycles. The van der Waals surface area contributed by atoms with E-state index in [1.807, 2.05) is 0 Å². The van der Waals surface area contributed by atoms with Crippen molar-refractivity contribution in [2.24, 2.45) is 4.99 Å². The quantitative estimate of drug-likeness (QED) is 0.353. The minimum atomic E-state index is -0.373. The smallest absolute Gasteiger partial charge is 0.264 e. The Morgan fingerprint density at radius 2 is 1.71 bits per heavy atom. The summed E-state index contributed by atoms with van der Waals surface area (Å²) in [4.78, 5) is 29.4. The van der Waals surface area contributed by atoms with Crippen LogP contribution in [0.3, 0.4) is 0 Å². The van der Waals surface area contributed by atoms with Crippen molar-refractivity contribution in [2.75, 3.05) is 11.9 Å².